The monoisotopic (exact) mass is 286 g/mol. The standard InChI is InChI=1S/C15H11ClN2O2/c16-13-4-2-1-3-9(13)8-18-14(19)11-6-5-10(17)7-12(11)15(18)20/h1-7H,8,17H2. The Bertz CT molecular complexity index is 728. The third kappa shape index (κ3) is 1.94. The number of rotatable bonds is 2. The number of nitrogen functional groups attached to an aromatic ring is 1. The Hall–Kier alpha value is -2.33. The number of hydrogen-bond acceptors (Lipinski definition) is 3. The second-order valence-electron chi connectivity index (χ2n) is 4.59. The van der Waals surface area contributed by atoms with E-state index in [-0.39, 0.29) is 18.4 Å². The van der Waals surface area contributed by atoms with Crippen molar-refractivity contribution in [3.05, 3.63) is 64.2 Å². The van der Waals surface area contributed by atoms with Crippen LogP contribution in [0.3, 0.4) is 0 Å². The third-order valence-corrected chi connectivity index (χ3v) is 3.65. The van der Waals surface area contributed by atoms with Gasteiger partial charge in [-0.05, 0) is 29.8 Å². The maximum Gasteiger partial charge on any atom is 0.261 e. The van der Waals surface area contributed by atoms with Gasteiger partial charge in [0.2, 0.25) is 0 Å². The van der Waals surface area contributed by atoms with E-state index in [1.165, 1.54) is 11.0 Å². The molecule has 0 saturated heterocycles. The summed E-state index contributed by atoms with van der Waals surface area (Å²) in [6.07, 6.45) is 0. The first-order valence-corrected chi connectivity index (χ1v) is 6.45. The molecule has 1 aliphatic heterocycles. The van der Waals surface area contributed by atoms with Crippen molar-refractivity contribution in [1.82, 2.24) is 4.90 Å². The number of nitrogens with zero attached hydrogens (tertiary/aromatic N) is 1. The summed E-state index contributed by atoms with van der Waals surface area (Å²) in [5.41, 5.74) is 7.59. The average Bonchev–Trinajstić information content (AvgIpc) is 2.66. The maximum atomic E-state index is 12.3. The van der Waals surface area contributed by atoms with E-state index >= 15 is 0 Å². The number of amides is 2. The molecule has 0 unspecified atom stereocenters. The van der Waals surface area contributed by atoms with Crippen molar-refractivity contribution in [3.8, 4) is 0 Å². The summed E-state index contributed by atoms with van der Waals surface area (Å²) < 4.78 is 0. The van der Waals surface area contributed by atoms with Crippen LogP contribution in [-0.4, -0.2) is 16.7 Å². The van der Waals surface area contributed by atoms with E-state index < -0.39 is 0 Å². The van der Waals surface area contributed by atoms with Gasteiger partial charge in [0.05, 0.1) is 17.7 Å². The van der Waals surface area contributed by atoms with E-state index in [1.54, 1.807) is 30.3 Å². The lowest BCUT2D eigenvalue weighted by Crippen LogP contribution is -2.29. The topological polar surface area (TPSA) is 63.4 Å². The zero-order chi connectivity index (χ0) is 14.3. The molecule has 100 valence electrons. The number of benzene rings is 2. The normalized spacial score (nSPS) is 13.8. The van der Waals surface area contributed by atoms with Crippen LogP contribution in [0, 0.1) is 0 Å². The van der Waals surface area contributed by atoms with E-state index in [9.17, 15) is 9.59 Å². The van der Waals surface area contributed by atoms with Crippen molar-refractivity contribution in [1.29, 1.82) is 0 Å². The molecule has 2 aromatic carbocycles. The Labute approximate surface area is 120 Å². The summed E-state index contributed by atoms with van der Waals surface area (Å²) in [5, 5.41) is 0.531. The number of fused-ring (bicyclic) bond motifs is 1. The summed E-state index contributed by atoms with van der Waals surface area (Å²) in [7, 11) is 0. The number of carbonyl (C=O) groups is 2. The van der Waals surface area contributed by atoms with Gasteiger partial charge in [-0.25, -0.2) is 0 Å². The summed E-state index contributed by atoms with van der Waals surface area (Å²) in [6, 6.07) is 11.9. The highest BCUT2D eigenvalue weighted by Crippen LogP contribution is 2.27. The molecule has 0 spiro atoms. The lowest BCUT2D eigenvalue weighted by atomic mass is 10.1. The van der Waals surface area contributed by atoms with Gasteiger partial charge in [-0.15, -0.1) is 0 Å². The number of halogens is 1. The van der Waals surface area contributed by atoms with Gasteiger partial charge in [0, 0.05) is 10.7 Å². The van der Waals surface area contributed by atoms with Crippen LogP contribution in [0.1, 0.15) is 26.3 Å². The molecule has 2 aromatic rings. The largest absolute Gasteiger partial charge is 0.399 e. The van der Waals surface area contributed by atoms with Gasteiger partial charge in [-0.1, -0.05) is 29.8 Å². The summed E-state index contributed by atoms with van der Waals surface area (Å²) in [5.74, 6) is -0.651. The van der Waals surface area contributed by atoms with Gasteiger partial charge in [0.1, 0.15) is 0 Å². The van der Waals surface area contributed by atoms with Crippen molar-refractivity contribution < 1.29 is 9.59 Å². The third-order valence-electron chi connectivity index (χ3n) is 3.28. The van der Waals surface area contributed by atoms with E-state index in [4.69, 9.17) is 17.3 Å². The van der Waals surface area contributed by atoms with Crippen molar-refractivity contribution in [3.63, 3.8) is 0 Å². The molecule has 2 N–H and O–H groups in total. The first kappa shape index (κ1) is 12.7. The Morgan fingerprint density at radius 1 is 1.00 bits per heavy atom. The van der Waals surface area contributed by atoms with Crippen LogP contribution in [0.15, 0.2) is 42.5 Å². The minimum atomic E-state index is -0.336. The zero-order valence-electron chi connectivity index (χ0n) is 10.5. The van der Waals surface area contributed by atoms with Gasteiger partial charge < -0.3 is 5.73 Å². The maximum absolute atomic E-state index is 12.3. The molecule has 1 heterocycles. The van der Waals surface area contributed by atoms with Crippen molar-refractivity contribution in [2.45, 2.75) is 6.54 Å². The summed E-state index contributed by atoms with van der Waals surface area (Å²) >= 11 is 6.07. The number of nitrogens with two attached hydrogens (primary N) is 1. The molecule has 4 nitrogen and oxygen atoms in total. The van der Waals surface area contributed by atoms with Gasteiger partial charge in [-0.3, -0.25) is 14.5 Å². The SMILES string of the molecule is Nc1ccc2c(c1)C(=O)N(Cc1ccccc1Cl)C2=O. The second-order valence-corrected chi connectivity index (χ2v) is 5.00. The van der Waals surface area contributed by atoms with Gasteiger partial charge >= 0.3 is 0 Å². The Balaban J connectivity index is 1.96. The van der Waals surface area contributed by atoms with E-state index in [1.807, 2.05) is 6.07 Å². The molecular weight excluding hydrogens is 276 g/mol. The molecular formula is C15H11ClN2O2. The molecule has 5 heteroatoms. The minimum absolute atomic E-state index is 0.159. The zero-order valence-corrected chi connectivity index (χ0v) is 11.2. The van der Waals surface area contributed by atoms with Crippen molar-refractivity contribution >= 4 is 29.1 Å². The van der Waals surface area contributed by atoms with E-state index in [0.29, 0.717) is 21.8 Å². The Morgan fingerprint density at radius 2 is 1.70 bits per heavy atom. The lowest BCUT2D eigenvalue weighted by Gasteiger charge is -2.14. The second kappa shape index (κ2) is 4.65. The van der Waals surface area contributed by atoms with Gasteiger partial charge in [0.25, 0.3) is 11.8 Å². The number of hydrogen-bond donors (Lipinski definition) is 1. The van der Waals surface area contributed by atoms with Gasteiger partial charge in [-0.2, -0.15) is 0 Å². The smallest absolute Gasteiger partial charge is 0.261 e. The van der Waals surface area contributed by atoms with Crippen LogP contribution in [0.5, 0.6) is 0 Å². The van der Waals surface area contributed by atoms with Crippen LogP contribution in [0.4, 0.5) is 5.69 Å². The van der Waals surface area contributed by atoms with Crippen molar-refractivity contribution in [2.24, 2.45) is 0 Å². The molecule has 0 aliphatic carbocycles. The minimum Gasteiger partial charge on any atom is -0.399 e. The van der Waals surface area contributed by atoms with Crippen molar-refractivity contribution in [2.75, 3.05) is 5.73 Å². The first-order valence-electron chi connectivity index (χ1n) is 6.07. The number of anilines is 1. The van der Waals surface area contributed by atoms with Crippen LogP contribution >= 0.6 is 11.6 Å². The molecule has 0 aromatic heterocycles. The molecule has 20 heavy (non-hydrogen) atoms. The summed E-state index contributed by atoms with van der Waals surface area (Å²) in [4.78, 5) is 25.7. The molecule has 0 fully saturated rings. The Morgan fingerprint density at radius 3 is 2.45 bits per heavy atom. The number of imide groups is 1. The lowest BCUT2D eigenvalue weighted by molar-refractivity contribution is 0.0642. The molecule has 1 aliphatic rings. The fraction of sp³-hybridized carbons (Fsp3) is 0.0667. The molecule has 3 rings (SSSR count). The fourth-order valence-corrected chi connectivity index (χ4v) is 2.44. The Kier molecular flexibility index (Phi) is 2.95. The molecule has 2 amide bonds. The highest BCUT2D eigenvalue weighted by molar-refractivity contribution is 6.31. The average molecular weight is 287 g/mol. The van der Waals surface area contributed by atoms with Crippen LogP contribution in [-0.2, 0) is 6.54 Å². The molecule has 0 saturated carbocycles. The molecule has 0 radical (unpaired) electrons. The van der Waals surface area contributed by atoms with E-state index in [2.05, 4.69) is 0 Å². The predicted octanol–water partition coefficient (Wildman–Crippen LogP) is 2.72. The van der Waals surface area contributed by atoms with Crippen LogP contribution in [0.25, 0.3) is 0 Å². The highest BCUT2D eigenvalue weighted by Gasteiger charge is 2.35. The van der Waals surface area contributed by atoms with Crippen LogP contribution < -0.4 is 5.73 Å². The summed E-state index contributed by atoms with van der Waals surface area (Å²) in [6.45, 7) is 0.159. The molecule has 0 bridgehead atoms. The number of carbonyl (C=O) groups excluding carboxylic acids is 2. The van der Waals surface area contributed by atoms with Crippen LogP contribution in [0.2, 0.25) is 5.02 Å². The quantitative estimate of drug-likeness (QED) is 0.682. The first-order chi connectivity index (χ1) is 9.58. The van der Waals surface area contributed by atoms with E-state index in [0.717, 1.165) is 5.56 Å². The fourth-order valence-electron chi connectivity index (χ4n) is 2.25. The predicted molar refractivity (Wildman–Crippen MR) is 76.5 cm³/mol. The van der Waals surface area contributed by atoms with Gasteiger partial charge in [0.15, 0.2) is 0 Å². The highest BCUT2D eigenvalue weighted by atomic mass is 35.5. The molecule has 0 atom stereocenters.